The van der Waals surface area contributed by atoms with Gasteiger partial charge in [0.2, 0.25) is 0 Å². The highest BCUT2D eigenvalue weighted by molar-refractivity contribution is 5.57. The lowest BCUT2D eigenvalue weighted by Gasteiger charge is -2.21. The highest BCUT2D eigenvalue weighted by Gasteiger charge is 2.36. The molecule has 2 atom stereocenters. The number of tetrazole rings is 1. The molecule has 1 aromatic carbocycles. The van der Waals surface area contributed by atoms with Crippen molar-refractivity contribution in [1.29, 1.82) is 0 Å². The maximum absolute atomic E-state index is 3.95. The lowest BCUT2D eigenvalue weighted by molar-refractivity contribution is 0.366. The van der Waals surface area contributed by atoms with Crippen LogP contribution in [-0.2, 0) is 0 Å². The predicted molar refractivity (Wildman–Crippen MR) is 83.5 cm³/mol. The van der Waals surface area contributed by atoms with Crippen LogP contribution in [-0.4, -0.2) is 26.2 Å². The van der Waals surface area contributed by atoms with Gasteiger partial charge in [-0.3, -0.25) is 0 Å². The molecule has 5 heteroatoms. The van der Waals surface area contributed by atoms with Gasteiger partial charge in [-0.05, 0) is 59.2 Å². The molecule has 1 saturated carbocycles. The topological polar surface area (TPSA) is 55.6 Å². The third-order valence-electron chi connectivity index (χ3n) is 4.51. The number of nitrogens with zero attached hydrogens (tertiary/aromatic N) is 4. The summed E-state index contributed by atoms with van der Waals surface area (Å²) in [5.41, 5.74) is 3.85. The summed E-state index contributed by atoms with van der Waals surface area (Å²) in [6.45, 7) is 9.19. The van der Waals surface area contributed by atoms with E-state index < -0.39 is 0 Å². The van der Waals surface area contributed by atoms with Gasteiger partial charge in [0.25, 0.3) is 0 Å². The van der Waals surface area contributed by atoms with Crippen LogP contribution in [0.4, 0.5) is 5.69 Å². The zero-order chi connectivity index (χ0) is 15.0. The molecule has 21 heavy (non-hydrogen) atoms. The molecule has 1 N–H and O–H groups in total. The van der Waals surface area contributed by atoms with Crippen molar-refractivity contribution in [2.24, 2.45) is 11.3 Å². The van der Waals surface area contributed by atoms with Crippen LogP contribution in [0, 0.1) is 18.3 Å². The summed E-state index contributed by atoms with van der Waals surface area (Å²) in [5, 5.41) is 15.1. The molecule has 1 fully saturated rings. The molecule has 3 rings (SSSR count). The highest BCUT2D eigenvalue weighted by Crippen LogP contribution is 2.42. The van der Waals surface area contributed by atoms with Crippen molar-refractivity contribution < 1.29 is 0 Å². The summed E-state index contributed by atoms with van der Waals surface area (Å²) in [5.74, 6) is 0.691. The smallest absolute Gasteiger partial charge is 0.143 e. The molecular formula is C16H23N5. The molecule has 5 nitrogen and oxygen atoms in total. The minimum Gasteiger partial charge on any atom is -0.382 e. The van der Waals surface area contributed by atoms with Gasteiger partial charge in [0.1, 0.15) is 6.33 Å². The molecule has 112 valence electrons. The molecule has 1 aliphatic rings. The molecule has 0 radical (unpaired) electrons. The molecule has 1 aromatic heterocycles. The Balaban J connectivity index is 1.84. The fourth-order valence-electron chi connectivity index (χ4n) is 3.47. The molecule has 0 amide bonds. The Bertz CT molecular complexity index is 618. The Kier molecular flexibility index (Phi) is 3.43. The minimum atomic E-state index is 0.429. The van der Waals surface area contributed by atoms with E-state index in [1.54, 1.807) is 11.0 Å². The fraction of sp³-hybridized carbons (Fsp3) is 0.562. The summed E-state index contributed by atoms with van der Waals surface area (Å²) in [7, 11) is 0. The first-order valence-electron chi connectivity index (χ1n) is 7.55. The van der Waals surface area contributed by atoms with E-state index in [-0.39, 0.29) is 0 Å². The molecule has 0 saturated heterocycles. The summed E-state index contributed by atoms with van der Waals surface area (Å²) >= 11 is 0. The quantitative estimate of drug-likeness (QED) is 0.941. The first kappa shape index (κ1) is 14.0. The molecule has 1 heterocycles. The fourth-order valence-corrected chi connectivity index (χ4v) is 3.47. The van der Waals surface area contributed by atoms with E-state index in [0.29, 0.717) is 17.4 Å². The molecular weight excluding hydrogens is 262 g/mol. The molecule has 0 spiro atoms. The Hall–Kier alpha value is -1.91. The number of hydrogen-bond acceptors (Lipinski definition) is 4. The maximum atomic E-state index is 3.95. The summed E-state index contributed by atoms with van der Waals surface area (Å²) in [6.07, 6.45) is 4.11. The van der Waals surface area contributed by atoms with Crippen molar-refractivity contribution >= 4 is 5.69 Å². The zero-order valence-electron chi connectivity index (χ0n) is 13.2. The van der Waals surface area contributed by atoms with Crippen LogP contribution in [0.3, 0.4) is 0 Å². The third kappa shape index (κ3) is 2.91. The SMILES string of the molecule is Cc1ccc(-n2cnnn2)cc1NC1CC(C)(C)CC1C. The summed E-state index contributed by atoms with van der Waals surface area (Å²) < 4.78 is 1.69. The van der Waals surface area contributed by atoms with Crippen LogP contribution in [0.5, 0.6) is 0 Å². The van der Waals surface area contributed by atoms with E-state index in [9.17, 15) is 0 Å². The van der Waals surface area contributed by atoms with Gasteiger partial charge in [0.05, 0.1) is 5.69 Å². The third-order valence-corrected chi connectivity index (χ3v) is 4.51. The van der Waals surface area contributed by atoms with Crippen molar-refractivity contribution in [3.05, 3.63) is 30.1 Å². The highest BCUT2D eigenvalue weighted by atomic mass is 15.5. The average Bonchev–Trinajstić information content (AvgIpc) is 3.00. The van der Waals surface area contributed by atoms with E-state index in [1.165, 1.54) is 24.1 Å². The first-order chi connectivity index (χ1) is 9.94. The average molecular weight is 285 g/mol. The number of nitrogens with one attached hydrogen (secondary N) is 1. The van der Waals surface area contributed by atoms with E-state index in [1.807, 2.05) is 6.07 Å². The van der Waals surface area contributed by atoms with Crippen molar-refractivity contribution in [3.8, 4) is 5.69 Å². The van der Waals surface area contributed by atoms with Crippen molar-refractivity contribution in [3.63, 3.8) is 0 Å². The van der Waals surface area contributed by atoms with Crippen LogP contribution < -0.4 is 5.32 Å². The normalized spacial score (nSPS) is 24.2. The Morgan fingerprint density at radius 3 is 2.71 bits per heavy atom. The van der Waals surface area contributed by atoms with Crippen LogP contribution in [0.25, 0.3) is 5.69 Å². The Morgan fingerprint density at radius 2 is 2.10 bits per heavy atom. The van der Waals surface area contributed by atoms with Gasteiger partial charge in [0, 0.05) is 11.7 Å². The van der Waals surface area contributed by atoms with Crippen LogP contribution in [0.15, 0.2) is 24.5 Å². The minimum absolute atomic E-state index is 0.429. The van der Waals surface area contributed by atoms with Crippen LogP contribution in [0.1, 0.15) is 39.2 Å². The number of anilines is 1. The van der Waals surface area contributed by atoms with E-state index >= 15 is 0 Å². The van der Waals surface area contributed by atoms with E-state index in [0.717, 1.165) is 5.69 Å². The van der Waals surface area contributed by atoms with Gasteiger partial charge < -0.3 is 5.32 Å². The maximum Gasteiger partial charge on any atom is 0.143 e. The molecule has 2 aromatic rings. The second-order valence-electron chi connectivity index (χ2n) is 7.05. The number of aromatic nitrogens is 4. The van der Waals surface area contributed by atoms with Gasteiger partial charge in [-0.2, -0.15) is 0 Å². The Morgan fingerprint density at radius 1 is 1.29 bits per heavy atom. The largest absolute Gasteiger partial charge is 0.382 e. The van der Waals surface area contributed by atoms with Gasteiger partial charge in [0.15, 0.2) is 0 Å². The van der Waals surface area contributed by atoms with Crippen molar-refractivity contribution in [1.82, 2.24) is 20.2 Å². The molecule has 1 aliphatic carbocycles. The van der Waals surface area contributed by atoms with Crippen molar-refractivity contribution in [2.45, 2.75) is 46.6 Å². The second-order valence-corrected chi connectivity index (χ2v) is 7.05. The Labute approximate surface area is 125 Å². The number of benzene rings is 1. The molecule has 0 bridgehead atoms. The lowest BCUT2D eigenvalue weighted by atomic mass is 9.91. The van der Waals surface area contributed by atoms with Gasteiger partial charge in [-0.25, -0.2) is 4.68 Å². The summed E-state index contributed by atoms with van der Waals surface area (Å²) in [6, 6.07) is 6.81. The lowest BCUT2D eigenvalue weighted by Crippen LogP contribution is -2.23. The van der Waals surface area contributed by atoms with E-state index in [4.69, 9.17) is 0 Å². The van der Waals surface area contributed by atoms with Gasteiger partial charge in [-0.1, -0.05) is 26.8 Å². The first-order valence-corrected chi connectivity index (χ1v) is 7.55. The molecule has 0 aliphatic heterocycles. The molecule has 2 unspecified atom stereocenters. The monoisotopic (exact) mass is 285 g/mol. The van der Waals surface area contributed by atoms with E-state index in [2.05, 4.69) is 60.7 Å². The second kappa shape index (κ2) is 5.13. The number of hydrogen-bond donors (Lipinski definition) is 1. The standard InChI is InChI=1S/C16H23N5/c1-11-5-6-13(21-10-17-19-20-21)7-14(11)18-15-9-16(3,4)8-12(15)2/h5-7,10,12,15,18H,8-9H2,1-4H3. The number of aryl methyl sites for hydroxylation is 1. The van der Waals surface area contributed by atoms with Crippen LogP contribution >= 0.6 is 0 Å². The van der Waals surface area contributed by atoms with Gasteiger partial charge >= 0.3 is 0 Å². The number of rotatable bonds is 3. The zero-order valence-corrected chi connectivity index (χ0v) is 13.2. The van der Waals surface area contributed by atoms with Crippen LogP contribution in [0.2, 0.25) is 0 Å². The van der Waals surface area contributed by atoms with Gasteiger partial charge in [-0.15, -0.1) is 5.10 Å². The predicted octanol–water partition coefficient (Wildman–Crippen LogP) is 3.21. The summed E-state index contributed by atoms with van der Waals surface area (Å²) in [4.78, 5) is 0. The van der Waals surface area contributed by atoms with Crippen molar-refractivity contribution in [2.75, 3.05) is 5.32 Å².